The molecule has 0 radical (unpaired) electrons. The van der Waals surface area contributed by atoms with Gasteiger partial charge in [0.15, 0.2) is 0 Å². The molecule has 0 fully saturated rings. The van der Waals surface area contributed by atoms with Crippen molar-refractivity contribution in [1.82, 2.24) is 4.90 Å². The summed E-state index contributed by atoms with van der Waals surface area (Å²) in [5.74, 6) is 1.56. The standard InChI is InChI=1S/C27H33NO4/c1-6-13-28(14-7-2)27(29)15-19(4)22-16-23-24(20-9-11-21(30-5)12-10-20)18-32-26(23)17-25(22)31-8-3/h9-12,15-18H,6-8,13-14H2,1-5H3/b19-15+. The number of hydrogen-bond acceptors (Lipinski definition) is 4. The Balaban J connectivity index is 2.05. The molecule has 5 nitrogen and oxygen atoms in total. The van der Waals surface area contributed by atoms with Crippen molar-refractivity contribution in [2.75, 3.05) is 26.8 Å². The Kier molecular flexibility index (Phi) is 7.98. The summed E-state index contributed by atoms with van der Waals surface area (Å²) in [4.78, 5) is 14.8. The highest BCUT2D eigenvalue weighted by Gasteiger charge is 2.16. The highest BCUT2D eigenvalue weighted by molar-refractivity contribution is 6.00. The number of amides is 1. The molecular weight excluding hydrogens is 402 g/mol. The normalized spacial score (nSPS) is 11.6. The van der Waals surface area contributed by atoms with Gasteiger partial charge in [0.05, 0.1) is 20.0 Å². The van der Waals surface area contributed by atoms with E-state index in [2.05, 4.69) is 19.9 Å². The second kappa shape index (κ2) is 10.9. The molecule has 0 spiro atoms. The van der Waals surface area contributed by atoms with Gasteiger partial charge in [0, 0.05) is 41.7 Å². The Morgan fingerprint density at radius 1 is 1.06 bits per heavy atom. The van der Waals surface area contributed by atoms with Gasteiger partial charge in [-0.15, -0.1) is 0 Å². The van der Waals surface area contributed by atoms with Crippen LogP contribution in [0.15, 0.2) is 53.2 Å². The second-order valence-electron chi connectivity index (χ2n) is 7.81. The second-order valence-corrected chi connectivity index (χ2v) is 7.81. The Hall–Kier alpha value is -3.21. The van der Waals surface area contributed by atoms with E-state index in [1.807, 2.05) is 49.1 Å². The highest BCUT2D eigenvalue weighted by Crippen LogP contribution is 2.38. The molecule has 5 heteroatoms. The summed E-state index contributed by atoms with van der Waals surface area (Å²) in [6, 6.07) is 11.9. The van der Waals surface area contributed by atoms with Gasteiger partial charge in [0.2, 0.25) is 5.91 Å². The number of carbonyl (C=O) groups excluding carboxylic acids is 1. The maximum absolute atomic E-state index is 12.9. The molecule has 1 aromatic heterocycles. The first kappa shape index (κ1) is 23.5. The number of nitrogens with zero attached hydrogens (tertiary/aromatic N) is 1. The third-order valence-electron chi connectivity index (χ3n) is 5.44. The predicted molar refractivity (Wildman–Crippen MR) is 130 cm³/mol. The Morgan fingerprint density at radius 2 is 1.75 bits per heavy atom. The zero-order chi connectivity index (χ0) is 23.1. The van der Waals surface area contributed by atoms with Gasteiger partial charge in [0.1, 0.15) is 17.1 Å². The average Bonchev–Trinajstić information content (AvgIpc) is 3.21. The molecule has 2 aromatic carbocycles. The Labute approximate surface area is 190 Å². The van der Waals surface area contributed by atoms with Crippen LogP contribution < -0.4 is 9.47 Å². The SMILES string of the molecule is CCCN(CCC)C(=O)/C=C(\C)c1cc2c(-c3ccc(OC)cc3)coc2cc1OCC. The number of fused-ring (bicyclic) bond motifs is 1. The number of benzene rings is 2. The molecule has 3 rings (SSSR count). The van der Waals surface area contributed by atoms with Crippen LogP contribution >= 0.6 is 0 Å². The molecule has 170 valence electrons. The van der Waals surface area contributed by atoms with E-state index in [-0.39, 0.29) is 5.91 Å². The molecule has 0 N–H and O–H groups in total. The molecule has 32 heavy (non-hydrogen) atoms. The summed E-state index contributed by atoms with van der Waals surface area (Å²) in [6.07, 6.45) is 5.37. The first-order valence-electron chi connectivity index (χ1n) is 11.3. The zero-order valence-electron chi connectivity index (χ0n) is 19.7. The van der Waals surface area contributed by atoms with Gasteiger partial charge in [-0.25, -0.2) is 0 Å². The van der Waals surface area contributed by atoms with Gasteiger partial charge in [-0.1, -0.05) is 26.0 Å². The first-order chi connectivity index (χ1) is 15.5. The monoisotopic (exact) mass is 435 g/mol. The largest absolute Gasteiger partial charge is 0.497 e. The van der Waals surface area contributed by atoms with Crippen molar-refractivity contribution in [3.05, 3.63) is 54.3 Å². The molecule has 0 aliphatic heterocycles. The molecule has 0 saturated carbocycles. The van der Waals surface area contributed by atoms with Crippen molar-refractivity contribution in [3.63, 3.8) is 0 Å². The fourth-order valence-electron chi connectivity index (χ4n) is 3.86. The fourth-order valence-corrected chi connectivity index (χ4v) is 3.86. The molecule has 1 heterocycles. The van der Waals surface area contributed by atoms with E-state index in [0.717, 1.165) is 70.7 Å². The minimum atomic E-state index is 0.0383. The van der Waals surface area contributed by atoms with Gasteiger partial charge in [0.25, 0.3) is 0 Å². The smallest absolute Gasteiger partial charge is 0.246 e. The predicted octanol–water partition coefficient (Wildman–Crippen LogP) is 6.56. The molecular formula is C27H33NO4. The number of ether oxygens (including phenoxy) is 2. The molecule has 0 atom stereocenters. The number of carbonyl (C=O) groups is 1. The van der Waals surface area contributed by atoms with Crippen molar-refractivity contribution in [1.29, 1.82) is 0 Å². The molecule has 0 saturated heterocycles. The molecule has 0 aliphatic rings. The van der Waals surface area contributed by atoms with Crippen molar-refractivity contribution in [3.8, 4) is 22.6 Å². The lowest BCUT2D eigenvalue weighted by Gasteiger charge is -2.20. The van der Waals surface area contributed by atoms with Crippen molar-refractivity contribution in [2.45, 2.75) is 40.5 Å². The molecule has 1 amide bonds. The van der Waals surface area contributed by atoms with Gasteiger partial charge in [-0.3, -0.25) is 4.79 Å². The third kappa shape index (κ3) is 5.16. The van der Waals surface area contributed by atoms with Crippen LogP contribution in [0.3, 0.4) is 0 Å². The fraction of sp³-hybridized carbons (Fsp3) is 0.370. The lowest BCUT2D eigenvalue weighted by molar-refractivity contribution is -0.126. The maximum Gasteiger partial charge on any atom is 0.246 e. The van der Waals surface area contributed by atoms with Gasteiger partial charge >= 0.3 is 0 Å². The maximum atomic E-state index is 12.9. The van der Waals surface area contributed by atoms with E-state index in [9.17, 15) is 4.79 Å². The topological polar surface area (TPSA) is 51.9 Å². The molecule has 0 bridgehead atoms. The summed E-state index contributed by atoms with van der Waals surface area (Å²) in [6.45, 7) is 10.1. The van der Waals surface area contributed by atoms with Crippen LogP contribution in [0.5, 0.6) is 11.5 Å². The van der Waals surface area contributed by atoms with Crippen LogP contribution in [0.4, 0.5) is 0 Å². The van der Waals surface area contributed by atoms with Gasteiger partial charge in [-0.2, -0.15) is 0 Å². The number of rotatable bonds is 10. The minimum Gasteiger partial charge on any atom is -0.497 e. The summed E-state index contributed by atoms with van der Waals surface area (Å²) in [5, 5.41) is 0.979. The van der Waals surface area contributed by atoms with Crippen LogP contribution in [-0.4, -0.2) is 37.6 Å². The lowest BCUT2D eigenvalue weighted by Crippen LogP contribution is -2.31. The van der Waals surface area contributed by atoms with Gasteiger partial charge in [-0.05, 0) is 56.0 Å². The minimum absolute atomic E-state index is 0.0383. The van der Waals surface area contributed by atoms with E-state index >= 15 is 0 Å². The van der Waals surface area contributed by atoms with Gasteiger partial charge < -0.3 is 18.8 Å². The molecule has 3 aromatic rings. The van der Waals surface area contributed by atoms with Crippen molar-refractivity contribution >= 4 is 22.4 Å². The quantitative estimate of drug-likeness (QED) is 0.338. The van der Waals surface area contributed by atoms with Crippen LogP contribution in [-0.2, 0) is 4.79 Å². The van der Waals surface area contributed by atoms with Crippen molar-refractivity contribution in [2.24, 2.45) is 0 Å². The van der Waals surface area contributed by atoms with Crippen LogP contribution in [0.1, 0.15) is 46.1 Å². The molecule has 0 unspecified atom stereocenters. The van der Waals surface area contributed by atoms with E-state index in [0.29, 0.717) is 6.61 Å². The number of furan rings is 1. The van der Waals surface area contributed by atoms with E-state index in [1.54, 1.807) is 19.4 Å². The Morgan fingerprint density at radius 3 is 2.34 bits per heavy atom. The summed E-state index contributed by atoms with van der Waals surface area (Å²) >= 11 is 0. The average molecular weight is 436 g/mol. The van der Waals surface area contributed by atoms with E-state index in [4.69, 9.17) is 13.9 Å². The van der Waals surface area contributed by atoms with Crippen LogP contribution in [0.25, 0.3) is 27.7 Å². The van der Waals surface area contributed by atoms with E-state index in [1.165, 1.54) is 0 Å². The van der Waals surface area contributed by atoms with Crippen LogP contribution in [0, 0.1) is 0 Å². The lowest BCUT2D eigenvalue weighted by atomic mass is 9.99. The summed E-state index contributed by atoms with van der Waals surface area (Å²) in [7, 11) is 1.66. The number of allylic oxidation sites excluding steroid dienone is 1. The Bertz CT molecular complexity index is 1070. The highest BCUT2D eigenvalue weighted by atomic mass is 16.5. The number of hydrogen-bond donors (Lipinski definition) is 0. The van der Waals surface area contributed by atoms with E-state index < -0.39 is 0 Å². The van der Waals surface area contributed by atoms with Crippen molar-refractivity contribution < 1.29 is 18.7 Å². The number of methoxy groups -OCH3 is 1. The summed E-state index contributed by atoms with van der Waals surface area (Å²) in [5.41, 5.74) is 4.55. The summed E-state index contributed by atoms with van der Waals surface area (Å²) < 4.78 is 17.0. The first-order valence-corrected chi connectivity index (χ1v) is 11.3. The third-order valence-corrected chi connectivity index (χ3v) is 5.44. The molecule has 0 aliphatic carbocycles. The zero-order valence-corrected chi connectivity index (χ0v) is 19.7. The van der Waals surface area contributed by atoms with Crippen LogP contribution in [0.2, 0.25) is 0 Å².